The van der Waals surface area contributed by atoms with E-state index in [0.717, 1.165) is 18.2 Å². The van der Waals surface area contributed by atoms with Crippen LogP contribution < -0.4 is 15.5 Å². The summed E-state index contributed by atoms with van der Waals surface area (Å²) in [5.74, 6) is -2.65. The van der Waals surface area contributed by atoms with Gasteiger partial charge in [0.15, 0.2) is 0 Å². The molecular formula is C19H17FN4O5. The minimum atomic E-state index is -0.807. The lowest BCUT2D eigenvalue weighted by molar-refractivity contribution is -0.384. The van der Waals surface area contributed by atoms with E-state index in [1.165, 1.54) is 11.8 Å². The Bertz CT molecular complexity index is 993. The van der Waals surface area contributed by atoms with Crippen molar-refractivity contribution in [2.24, 2.45) is 5.92 Å². The molecule has 9 nitrogen and oxygen atoms in total. The number of amides is 3. The molecule has 1 unspecified atom stereocenters. The van der Waals surface area contributed by atoms with Crippen LogP contribution in [-0.4, -0.2) is 29.2 Å². The number of nitro benzene ring substituents is 1. The van der Waals surface area contributed by atoms with E-state index in [1.807, 2.05) is 0 Å². The number of non-ortho nitro benzene ring substituents is 1. The Morgan fingerprint density at radius 1 is 1.17 bits per heavy atom. The molecule has 1 saturated heterocycles. The zero-order chi connectivity index (χ0) is 21.1. The summed E-state index contributed by atoms with van der Waals surface area (Å²) in [5, 5.41) is 15.8. The number of nitro groups is 1. The molecule has 3 amide bonds. The van der Waals surface area contributed by atoms with E-state index in [9.17, 15) is 28.9 Å². The van der Waals surface area contributed by atoms with Gasteiger partial charge in [0, 0.05) is 43.4 Å². The van der Waals surface area contributed by atoms with E-state index in [1.54, 1.807) is 24.3 Å². The zero-order valence-electron chi connectivity index (χ0n) is 15.3. The maximum absolute atomic E-state index is 13.9. The number of carbonyl (C=O) groups excluding carboxylic acids is 3. The van der Waals surface area contributed by atoms with E-state index >= 15 is 0 Å². The molecule has 2 N–H and O–H groups in total. The largest absolute Gasteiger partial charge is 0.326 e. The van der Waals surface area contributed by atoms with Crippen LogP contribution in [0.15, 0.2) is 42.5 Å². The van der Waals surface area contributed by atoms with Crippen molar-refractivity contribution in [3.05, 3.63) is 58.4 Å². The second-order valence-electron chi connectivity index (χ2n) is 6.54. The van der Waals surface area contributed by atoms with Gasteiger partial charge in [-0.1, -0.05) is 0 Å². The molecule has 0 saturated carbocycles. The molecular weight excluding hydrogens is 383 g/mol. The molecule has 1 aliphatic heterocycles. The normalized spacial score (nSPS) is 15.9. The summed E-state index contributed by atoms with van der Waals surface area (Å²) in [6.07, 6.45) is -0.0736. The van der Waals surface area contributed by atoms with E-state index in [-0.39, 0.29) is 36.2 Å². The molecule has 0 bridgehead atoms. The van der Waals surface area contributed by atoms with Crippen molar-refractivity contribution in [2.75, 3.05) is 22.1 Å². The maximum atomic E-state index is 13.9. The van der Waals surface area contributed by atoms with Gasteiger partial charge in [0.1, 0.15) is 5.82 Å². The molecule has 0 spiro atoms. The number of carbonyl (C=O) groups is 3. The number of nitrogens with zero attached hydrogens (tertiary/aromatic N) is 2. The van der Waals surface area contributed by atoms with Crippen molar-refractivity contribution in [2.45, 2.75) is 13.3 Å². The molecule has 2 aromatic rings. The third-order valence-corrected chi connectivity index (χ3v) is 4.41. The highest BCUT2D eigenvalue weighted by Gasteiger charge is 2.35. The number of nitrogens with one attached hydrogen (secondary N) is 2. The van der Waals surface area contributed by atoms with Gasteiger partial charge in [0.2, 0.25) is 17.7 Å². The minimum absolute atomic E-state index is 0.0736. The number of benzene rings is 2. The van der Waals surface area contributed by atoms with Crippen molar-refractivity contribution in [1.82, 2.24) is 0 Å². The second-order valence-corrected chi connectivity index (χ2v) is 6.54. The van der Waals surface area contributed by atoms with Crippen LogP contribution in [-0.2, 0) is 14.4 Å². The summed E-state index contributed by atoms with van der Waals surface area (Å²) in [6.45, 7) is 1.46. The van der Waals surface area contributed by atoms with Crippen molar-refractivity contribution < 1.29 is 23.7 Å². The van der Waals surface area contributed by atoms with Crippen molar-refractivity contribution in [1.29, 1.82) is 0 Å². The average Bonchev–Trinajstić information content (AvgIpc) is 3.05. The fourth-order valence-electron chi connectivity index (χ4n) is 3.02. The highest BCUT2D eigenvalue weighted by Crippen LogP contribution is 2.28. The van der Waals surface area contributed by atoms with Crippen LogP contribution in [0.3, 0.4) is 0 Å². The topological polar surface area (TPSA) is 122 Å². The van der Waals surface area contributed by atoms with E-state index in [2.05, 4.69) is 10.6 Å². The highest BCUT2D eigenvalue weighted by molar-refractivity contribution is 6.03. The molecule has 0 radical (unpaired) electrons. The third kappa shape index (κ3) is 4.54. The number of halogens is 1. The third-order valence-electron chi connectivity index (χ3n) is 4.41. The number of hydrogen-bond donors (Lipinski definition) is 2. The van der Waals surface area contributed by atoms with Gasteiger partial charge in [-0.3, -0.25) is 24.5 Å². The Balaban J connectivity index is 1.70. The number of hydrogen-bond acceptors (Lipinski definition) is 5. The van der Waals surface area contributed by atoms with Crippen LogP contribution in [0.25, 0.3) is 0 Å². The van der Waals surface area contributed by atoms with Gasteiger partial charge in [0.25, 0.3) is 5.69 Å². The van der Waals surface area contributed by atoms with Gasteiger partial charge in [-0.15, -0.1) is 0 Å². The summed E-state index contributed by atoms with van der Waals surface area (Å²) in [6, 6.07) is 9.38. The Labute approximate surface area is 164 Å². The summed E-state index contributed by atoms with van der Waals surface area (Å²) in [5.41, 5.74) is 0.462. The molecule has 1 fully saturated rings. The van der Waals surface area contributed by atoms with E-state index in [4.69, 9.17) is 0 Å². The SMILES string of the molecule is CC(=O)Nc1ccc(N2CC(C(=O)Nc3cc([N+](=O)[O-])ccc3F)CC2=O)cc1. The quantitative estimate of drug-likeness (QED) is 0.590. The standard InChI is InChI=1S/C19H17FN4O5/c1-11(25)21-13-2-4-14(5-3-13)23-10-12(8-18(23)26)19(27)22-17-9-15(24(28)29)6-7-16(17)20/h2-7,9,12H,8,10H2,1H3,(H,21,25)(H,22,27). The predicted molar refractivity (Wildman–Crippen MR) is 103 cm³/mol. The van der Waals surface area contributed by atoms with Crippen LogP contribution in [0.5, 0.6) is 0 Å². The molecule has 0 aliphatic carbocycles. The molecule has 1 heterocycles. The maximum Gasteiger partial charge on any atom is 0.271 e. The van der Waals surface area contributed by atoms with Gasteiger partial charge in [-0.25, -0.2) is 4.39 Å². The lowest BCUT2D eigenvalue weighted by Gasteiger charge is -2.17. The molecule has 150 valence electrons. The van der Waals surface area contributed by atoms with Crippen LogP contribution >= 0.6 is 0 Å². The lowest BCUT2D eigenvalue weighted by atomic mass is 10.1. The van der Waals surface area contributed by atoms with Crippen LogP contribution in [0.1, 0.15) is 13.3 Å². The Morgan fingerprint density at radius 2 is 1.86 bits per heavy atom. The molecule has 2 aromatic carbocycles. The van der Waals surface area contributed by atoms with Crippen LogP contribution in [0.4, 0.5) is 27.1 Å². The van der Waals surface area contributed by atoms with Crippen LogP contribution in [0, 0.1) is 21.8 Å². The van der Waals surface area contributed by atoms with Gasteiger partial charge >= 0.3 is 0 Å². The van der Waals surface area contributed by atoms with Gasteiger partial charge in [0.05, 0.1) is 16.5 Å². The monoisotopic (exact) mass is 400 g/mol. The van der Waals surface area contributed by atoms with Crippen LogP contribution in [0.2, 0.25) is 0 Å². The summed E-state index contributed by atoms with van der Waals surface area (Å²) in [7, 11) is 0. The fourth-order valence-corrected chi connectivity index (χ4v) is 3.02. The average molecular weight is 400 g/mol. The van der Waals surface area contributed by atoms with Crippen molar-refractivity contribution in [3.63, 3.8) is 0 Å². The zero-order valence-corrected chi connectivity index (χ0v) is 15.3. The van der Waals surface area contributed by atoms with Gasteiger partial charge in [-0.2, -0.15) is 0 Å². The predicted octanol–water partition coefficient (Wildman–Crippen LogP) is 2.68. The lowest BCUT2D eigenvalue weighted by Crippen LogP contribution is -2.28. The van der Waals surface area contributed by atoms with Crippen molar-refractivity contribution >= 4 is 40.5 Å². The number of anilines is 3. The first-order valence-electron chi connectivity index (χ1n) is 8.67. The number of rotatable bonds is 5. The first kappa shape index (κ1) is 19.9. The molecule has 1 aliphatic rings. The molecule has 0 aromatic heterocycles. The summed E-state index contributed by atoms with van der Waals surface area (Å²) >= 11 is 0. The Morgan fingerprint density at radius 3 is 2.48 bits per heavy atom. The molecule has 29 heavy (non-hydrogen) atoms. The second kappa shape index (κ2) is 8.05. The van der Waals surface area contributed by atoms with Crippen molar-refractivity contribution in [3.8, 4) is 0 Å². The Hall–Kier alpha value is -3.82. The Kier molecular flexibility index (Phi) is 5.53. The van der Waals surface area contributed by atoms with E-state index < -0.39 is 22.6 Å². The first-order chi connectivity index (χ1) is 13.7. The smallest absolute Gasteiger partial charge is 0.271 e. The van der Waals surface area contributed by atoms with E-state index in [0.29, 0.717) is 11.4 Å². The summed E-state index contributed by atoms with van der Waals surface area (Å²) < 4.78 is 13.9. The fraction of sp³-hybridized carbons (Fsp3) is 0.211. The molecule has 3 rings (SSSR count). The van der Waals surface area contributed by atoms with Gasteiger partial charge in [-0.05, 0) is 30.3 Å². The molecule has 1 atom stereocenters. The first-order valence-corrected chi connectivity index (χ1v) is 8.67. The minimum Gasteiger partial charge on any atom is -0.326 e. The molecule has 10 heteroatoms. The highest BCUT2D eigenvalue weighted by atomic mass is 19.1. The van der Waals surface area contributed by atoms with Gasteiger partial charge < -0.3 is 15.5 Å². The summed E-state index contributed by atoms with van der Waals surface area (Å²) in [4.78, 5) is 47.4.